The molecular formula is C24H18O8. The van der Waals surface area contributed by atoms with E-state index in [0.717, 1.165) is 12.1 Å². The highest BCUT2D eigenvalue weighted by Crippen LogP contribution is 2.30. The molecule has 32 heavy (non-hydrogen) atoms. The van der Waals surface area contributed by atoms with Crippen molar-refractivity contribution in [1.82, 2.24) is 0 Å². The second-order valence-corrected chi connectivity index (χ2v) is 6.58. The molecule has 0 atom stereocenters. The second kappa shape index (κ2) is 9.13. The normalized spacial score (nSPS) is 10.3. The van der Waals surface area contributed by atoms with E-state index in [-0.39, 0.29) is 28.2 Å². The van der Waals surface area contributed by atoms with E-state index in [0.29, 0.717) is 0 Å². The third-order valence-corrected chi connectivity index (χ3v) is 4.82. The molecule has 0 unspecified atom stereocenters. The van der Waals surface area contributed by atoms with Crippen molar-refractivity contribution in [3.8, 4) is 11.5 Å². The summed E-state index contributed by atoms with van der Waals surface area (Å²) < 4.78 is 10.3. The number of benzene rings is 3. The molecule has 2 N–H and O–H groups in total. The number of hydrogen-bond acceptors (Lipinski definition) is 6. The molecule has 3 rings (SSSR count). The Morgan fingerprint density at radius 2 is 1.03 bits per heavy atom. The minimum Gasteiger partial charge on any atom is -0.496 e. The molecule has 8 heteroatoms. The summed E-state index contributed by atoms with van der Waals surface area (Å²) in [5.41, 5.74) is -2.19. The summed E-state index contributed by atoms with van der Waals surface area (Å²) in [7, 11) is 2.68. The number of aromatic carboxylic acids is 2. The van der Waals surface area contributed by atoms with Crippen molar-refractivity contribution in [3.63, 3.8) is 0 Å². The number of carbonyl (C=O) groups excluding carboxylic acids is 2. The zero-order valence-electron chi connectivity index (χ0n) is 17.1. The Morgan fingerprint density at radius 3 is 1.50 bits per heavy atom. The van der Waals surface area contributed by atoms with Crippen LogP contribution >= 0.6 is 0 Å². The number of ketones is 2. The number of carboxylic acids is 2. The summed E-state index contributed by atoms with van der Waals surface area (Å²) in [6.07, 6.45) is 0. The van der Waals surface area contributed by atoms with Crippen LogP contribution in [0, 0.1) is 0 Å². The first kappa shape index (κ1) is 22.2. The maximum atomic E-state index is 13.4. The van der Waals surface area contributed by atoms with Crippen molar-refractivity contribution in [2.45, 2.75) is 0 Å². The van der Waals surface area contributed by atoms with Crippen molar-refractivity contribution in [1.29, 1.82) is 0 Å². The zero-order valence-corrected chi connectivity index (χ0v) is 17.1. The third kappa shape index (κ3) is 3.93. The molecule has 3 aromatic rings. The maximum Gasteiger partial charge on any atom is 0.337 e. The van der Waals surface area contributed by atoms with E-state index in [1.54, 1.807) is 18.2 Å². The van der Waals surface area contributed by atoms with Gasteiger partial charge in [-0.05, 0) is 36.4 Å². The average Bonchev–Trinajstić information content (AvgIpc) is 2.81. The fourth-order valence-corrected chi connectivity index (χ4v) is 3.37. The van der Waals surface area contributed by atoms with Gasteiger partial charge in [-0.3, -0.25) is 9.59 Å². The molecule has 0 radical (unpaired) electrons. The van der Waals surface area contributed by atoms with E-state index in [9.17, 15) is 29.4 Å². The lowest BCUT2D eigenvalue weighted by Gasteiger charge is -2.15. The molecular weight excluding hydrogens is 416 g/mol. The molecule has 0 spiro atoms. The lowest BCUT2D eigenvalue weighted by Crippen LogP contribution is -2.21. The summed E-state index contributed by atoms with van der Waals surface area (Å²) in [5.74, 6) is -4.43. The zero-order chi connectivity index (χ0) is 23.4. The number of para-hydroxylation sites is 2. The smallest absolute Gasteiger partial charge is 0.337 e. The molecule has 0 aromatic heterocycles. The number of carboxylic acid groups (broad SMARTS) is 2. The summed E-state index contributed by atoms with van der Waals surface area (Å²) >= 11 is 0. The Morgan fingerprint density at radius 1 is 0.562 bits per heavy atom. The van der Waals surface area contributed by atoms with Crippen molar-refractivity contribution in [3.05, 3.63) is 94.0 Å². The highest BCUT2D eigenvalue weighted by Gasteiger charge is 2.32. The van der Waals surface area contributed by atoms with Gasteiger partial charge in [-0.15, -0.1) is 0 Å². The van der Waals surface area contributed by atoms with Gasteiger partial charge in [0.2, 0.25) is 0 Å². The van der Waals surface area contributed by atoms with Crippen LogP contribution in [0.4, 0.5) is 0 Å². The van der Waals surface area contributed by atoms with Gasteiger partial charge in [0.15, 0.2) is 11.6 Å². The quantitative estimate of drug-likeness (QED) is 0.515. The van der Waals surface area contributed by atoms with E-state index < -0.39 is 40.2 Å². The number of rotatable bonds is 8. The standard InChI is InChI=1S/C24H18O8/c1-31-17-9-5-3-7-13(17)21(25)15-11-12-16(23(27)28)19(20(15)24(29)30)22(26)14-8-4-6-10-18(14)32-2/h3-12H,1-2H3,(H,27,28)(H,29,30). The van der Waals surface area contributed by atoms with Crippen molar-refractivity contribution in [2.24, 2.45) is 0 Å². The van der Waals surface area contributed by atoms with E-state index in [1.165, 1.54) is 44.6 Å². The Balaban J connectivity index is 2.33. The first-order chi connectivity index (χ1) is 15.3. The monoisotopic (exact) mass is 434 g/mol. The lowest BCUT2D eigenvalue weighted by atomic mass is 9.87. The molecule has 0 bridgehead atoms. The van der Waals surface area contributed by atoms with Crippen molar-refractivity contribution >= 4 is 23.5 Å². The molecule has 0 saturated carbocycles. The van der Waals surface area contributed by atoms with Gasteiger partial charge in [0.25, 0.3) is 0 Å². The van der Waals surface area contributed by atoms with Gasteiger partial charge in [0.1, 0.15) is 11.5 Å². The van der Waals surface area contributed by atoms with Crippen molar-refractivity contribution < 1.29 is 38.9 Å². The second-order valence-electron chi connectivity index (χ2n) is 6.58. The molecule has 0 amide bonds. The van der Waals surface area contributed by atoms with Crippen LogP contribution in [-0.4, -0.2) is 47.9 Å². The summed E-state index contributed by atoms with van der Waals surface area (Å²) in [6.45, 7) is 0. The van der Waals surface area contributed by atoms with Crippen LogP contribution in [-0.2, 0) is 0 Å². The molecule has 8 nitrogen and oxygen atoms in total. The molecule has 0 aliphatic carbocycles. The summed E-state index contributed by atoms with van der Waals surface area (Å²) in [6, 6.07) is 14.3. The van der Waals surface area contributed by atoms with Gasteiger partial charge < -0.3 is 19.7 Å². The first-order valence-electron chi connectivity index (χ1n) is 9.30. The average molecular weight is 434 g/mol. The van der Waals surface area contributed by atoms with Crippen LogP contribution in [0.3, 0.4) is 0 Å². The predicted octanol–water partition coefficient (Wildman–Crippen LogP) is 3.56. The van der Waals surface area contributed by atoms with E-state index in [4.69, 9.17) is 9.47 Å². The van der Waals surface area contributed by atoms with Gasteiger partial charge >= 0.3 is 11.9 Å². The molecule has 0 saturated heterocycles. The third-order valence-electron chi connectivity index (χ3n) is 4.82. The van der Waals surface area contributed by atoms with E-state index >= 15 is 0 Å². The highest BCUT2D eigenvalue weighted by atomic mass is 16.5. The van der Waals surface area contributed by atoms with Gasteiger partial charge in [0.05, 0.1) is 42.0 Å². The lowest BCUT2D eigenvalue weighted by molar-refractivity contribution is 0.0685. The van der Waals surface area contributed by atoms with Gasteiger partial charge in [-0.1, -0.05) is 24.3 Å². The fraction of sp³-hybridized carbons (Fsp3) is 0.0833. The molecule has 0 heterocycles. The largest absolute Gasteiger partial charge is 0.496 e. The maximum absolute atomic E-state index is 13.4. The van der Waals surface area contributed by atoms with Gasteiger partial charge in [0, 0.05) is 5.56 Å². The minimum absolute atomic E-state index is 0.0399. The first-order valence-corrected chi connectivity index (χ1v) is 9.30. The van der Waals surface area contributed by atoms with Crippen LogP contribution < -0.4 is 9.47 Å². The van der Waals surface area contributed by atoms with Crippen LogP contribution in [0.25, 0.3) is 0 Å². The topological polar surface area (TPSA) is 127 Å². The van der Waals surface area contributed by atoms with Crippen LogP contribution in [0.1, 0.15) is 52.6 Å². The van der Waals surface area contributed by atoms with Gasteiger partial charge in [-0.2, -0.15) is 0 Å². The number of carbonyl (C=O) groups is 4. The van der Waals surface area contributed by atoms with E-state index in [2.05, 4.69) is 0 Å². The Kier molecular flexibility index (Phi) is 6.34. The molecule has 162 valence electrons. The van der Waals surface area contributed by atoms with Crippen LogP contribution in [0.15, 0.2) is 60.7 Å². The SMILES string of the molecule is COc1ccccc1C(=O)c1ccc(C(=O)O)c(C(=O)c2ccccc2OC)c1C(=O)O. The predicted molar refractivity (Wildman–Crippen MR) is 113 cm³/mol. The number of methoxy groups -OCH3 is 2. The molecule has 3 aromatic carbocycles. The van der Waals surface area contributed by atoms with Crippen LogP contribution in [0.5, 0.6) is 11.5 Å². The number of hydrogen-bond donors (Lipinski definition) is 2. The Hall–Kier alpha value is -4.46. The summed E-state index contributed by atoms with van der Waals surface area (Å²) in [4.78, 5) is 50.7. The Labute approximate surface area is 182 Å². The Bertz CT molecular complexity index is 1240. The summed E-state index contributed by atoms with van der Waals surface area (Å²) in [5, 5.41) is 19.6. The minimum atomic E-state index is -1.62. The van der Waals surface area contributed by atoms with E-state index in [1.807, 2.05) is 0 Å². The fourth-order valence-electron chi connectivity index (χ4n) is 3.37. The van der Waals surface area contributed by atoms with Gasteiger partial charge in [-0.25, -0.2) is 9.59 Å². The highest BCUT2D eigenvalue weighted by molar-refractivity contribution is 6.24. The molecule has 0 aliphatic rings. The van der Waals surface area contributed by atoms with Crippen molar-refractivity contribution in [2.75, 3.05) is 14.2 Å². The number of ether oxygens (including phenoxy) is 2. The molecule has 0 fully saturated rings. The van der Waals surface area contributed by atoms with Crippen LogP contribution in [0.2, 0.25) is 0 Å². The molecule has 0 aliphatic heterocycles.